The smallest absolute Gasteiger partial charge is 0.151 e. The van der Waals surface area contributed by atoms with Crippen molar-refractivity contribution in [1.82, 2.24) is 4.98 Å². The molecule has 0 spiro atoms. The molecule has 0 amide bonds. The summed E-state index contributed by atoms with van der Waals surface area (Å²) < 4.78 is 0. The van der Waals surface area contributed by atoms with Crippen molar-refractivity contribution in [2.75, 3.05) is 23.7 Å². The normalized spacial score (nSPS) is 21.4. The predicted octanol–water partition coefficient (Wildman–Crippen LogP) is 2.54. The van der Waals surface area contributed by atoms with E-state index in [9.17, 15) is 0 Å². The summed E-state index contributed by atoms with van der Waals surface area (Å²) in [5.41, 5.74) is 7.11. The third kappa shape index (κ3) is 2.13. The van der Waals surface area contributed by atoms with E-state index < -0.39 is 0 Å². The fourth-order valence-corrected chi connectivity index (χ4v) is 2.33. The first-order valence-corrected chi connectivity index (χ1v) is 5.94. The fourth-order valence-electron chi connectivity index (χ4n) is 2.33. The van der Waals surface area contributed by atoms with Crippen molar-refractivity contribution in [3.63, 3.8) is 0 Å². The van der Waals surface area contributed by atoms with Crippen LogP contribution in [0.15, 0.2) is 18.3 Å². The molecular formula is C13H21N3. The molecule has 2 N–H and O–H groups in total. The van der Waals surface area contributed by atoms with Gasteiger partial charge in [-0.15, -0.1) is 0 Å². The molecule has 1 aromatic rings. The van der Waals surface area contributed by atoms with E-state index in [1.807, 2.05) is 18.3 Å². The molecule has 16 heavy (non-hydrogen) atoms. The van der Waals surface area contributed by atoms with E-state index in [-0.39, 0.29) is 0 Å². The van der Waals surface area contributed by atoms with Crippen LogP contribution in [0.25, 0.3) is 0 Å². The van der Waals surface area contributed by atoms with Crippen LogP contribution in [0.1, 0.15) is 27.2 Å². The summed E-state index contributed by atoms with van der Waals surface area (Å²) in [6.45, 7) is 9.07. The monoisotopic (exact) mass is 219 g/mol. The Morgan fingerprint density at radius 3 is 2.75 bits per heavy atom. The predicted molar refractivity (Wildman–Crippen MR) is 68.4 cm³/mol. The first kappa shape index (κ1) is 11.2. The zero-order valence-electron chi connectivity index (χ0n) is 10.4. The molecule has 0 aromatic carbocycles. The Morgan fingerprint density at radius 2 is 2.19 bits per heavy atom. The van der Waals surface area contributed by atoms with Crippen molar-refractivity contribution in [1.29, 1.82) is 0 Å². The van der Waals surface area contributed by atoms with E-state index in [1.54, 1.807) is 0 Å². The summed E-state index contributed by atoms with van der Waals surface area (Å²) >= 11 is 0. The second kappa shape index (κ2) is 3.96. The van der Waals surface area contributed by atoms with Gasteiger partial charge in [0.05, 0.1) is 5.69 Å². The molecule has 3 nitrogen and oxygen atoms in total. The van der Waals surface area contributed by atoms with Crippen molar-refractivity contribution in [3.05, 3.63) is 18.3 Å². The molecule has 1 aromatic heterocycles. The van der Waals surface area contributed by atoms with E-state index in [1.165, 1.54) is 6.42 Å². The van der Waals surface area contributed by atoms with Crippen LogP contribution < -0.4 is 10.6 Å². The Bertz CT molecular complexity index is 368. The average Bonchev–Trinajstić information content (AvgIpc) is 2.66. The molecule has 1 fully saturated rings. The molecule has 0 saturated carbocycles. The minimum absolute atomic E-state index is 0.373. The van der Waals surface area contributed by atoms with Gasteiger partial charge in [0.1, 0.15) is 0 Å². The highest BCUT2D eigenvalue weighted by Gasteiger charge is 2.32. The zero-order valence-corrected chi connectivity index (χ0v) is 10.4. The lowest BCUT2D eigenvalue weighted by molar-refractivity contribution is 0.263. The van der Waals surface area contributed by atoms with Crippen LogP contribution in [0.3, 0.4) is 0 Å². The van der Waals surface area contributed by atoms with Crippen LogP contribution in [0.4, 0.5) is 11.5 Å². The Morgan fingerprint density at radius 1 is 1.44 bits per heavy atom. The summed E-state index contributed by atoms with van der Waals surface area (Å²) in [5, 5.41) is 0. The molecule has 2 heterocycles. The first-order chi connectivity index (χ1) is 7.48. The topological polar surface area (TPSA) is 42.2 Å². The second-order valence-electron chi connectivity index (χ2n) is 5.71. The number of anilines is 2. The number of rotatable bonds is 1. The number of aromatic nitrogens is 1. The number of nitrogens with zero attached hydrogens (tertiary/aromatic N) is 2. The lowest BCUT2D eigenvalue weighted by atomic mass is 9.80. The SMILES string of the molecule is CC(C)(C)C1CCN(c2ncccc2N)C1. The van der Waals surface area contributed by atoms with Gasteiger partial charge in [-0.25, -0.2) is 4.98 Å². The van der Waals surface area contributed by atoms with Gasteiger partial charge in [-0.1, -0.05) is 20.8 Å². The van der Waals surface area contributed by atoms with Crippen molar-refractivity contribution in [2.24, 2.45) is 11.3 Å². The van der Waals surface area contributed by atoms with Gasteiger partial charge >= 0.3 is 0 Å². The number of hydrogen-bond acceptors (Lipinski definition) is 3. The molecule has 3 heteroatoms. The summed E-state index contributed by atoms with van der Waals surface area (Å²) in [5.74, 6) is 1.68. The van der Waals surface area contributed by atoms with Crippen LogP contribution in [-0.2, 0) is 0 Å². The Hall–Kier alpha value is -1.25. The van der Waals surface area contributed by atoms with Crippen LogP contribution in [0.5, 0.6) is 0 Å². The van der Waals surface area contributed by atoms with Gasteiger partial charge < -0.3 is 10.6 Å². The molecule has 2 rings (SSSR count). The van der Waals surface area contributed by atoms with E-state index in [0.717, 1.165) is 30.5 Å². The highest BCUT2D eigenvalue weighted by molar-refractivity contribution is 5.62. The lowest BCUT2D eigenvalue weighted by Gasteiger charge is -2.27. The second-order valence-corrected chi connectivity index (χ2v) is 5.71. The number of pyridine rings is 1. The third-order valence-corrected chi connectivity index (χ3v) is 3.53. The maximum absolute atomic E-state index is 5.95. The molecule has 0 bridgehead atoms. The van der Waals surface area contributed by atoms with E-state index in [2.05, 4.69) is 30.7 Å². The van der Waals surface area contributed by atoms with Gasteiger partial charge in [-0.05, 0) is 29.9 Å². The van der Waals surface area contributed by atoms with Crippen LogP contribution in [0.2, 0.25) is 0 Å². The Kier molecular flexibility index (Phi) is 2.78. The van der Waals surface area contributed by atoms with Crippen LogP contribution in [-0.4, -0.2) is 18.1 Å². The standard InChI is InChI=1S/C13H21N3/c1-13(2,3)10-6-8-16(9-10)12-11(14)5-4-7-15-12/h4-5,7,10H,6,8-9,14H2,1-3H3. The van der Waals surface area contributed by atoms with Crippen molar-refractivity contribution in [3.8, 4) is 0 Å². The quantitative estimate of drug-likeness (QED) is 0.789. The van der Waals surface area contributed by atoms with E-state index in [0.29, 0.717) is 5.41 Å². The molecule has 1 atom stereocenters. The number of nitrogens with two attached hydrogens (primary N) is 1. The van der Waals surface area contributed by atoms with Gasteiger partial charge in [-0.2, -0.15) is 0 Å². The molecule has 88 valence electrons. The molecule has 1 unspecified atom stereocenters. The number of hydrogen-bond donors (Lipinski definition) is 1. The molecule has 0 radical (unpaired) electrons. The highest BCUT2D eigenvalue weighted by atomic mass is 15.2. The van der Waals surface area contributed by atoms with Crippen molar-refractivity contribution < 1.29 is 0 Å². The molecule has 1 aliphatic heterocycles. The largest absolute Gasteiger partial charge is 0.396 e. The summed E-state index contributed by atoms with van der Waals surface area (Å²) in [6.07, 6.45) is 3.05. The average molecular weight is 219 g/mol. The first-order valence-electron chi connectivity index (χ1n) is 5.94. The third-order valence-electron chi connectivity index (χ3n) is 3.53. The summed E-state index contributed by atoms with van der Waals surface area (Å²) in [6, 6.07) is 3.81. The zero-order chi connectivity index (χ0) is 11.8. The Balaban J connectivity index is 2.13. The summed E-state index contributed by atoms with van der Waals surface area (Å²) in [4.78, 5) is 6.69. The van der Waals surface area contributed by atoms with Crippen LogP contribution >= 0.6 is 0 Å². The summed E-state index contributed by atoms with van der Waals surface area (Å²) in [7, 11) is 0. The molecule has 1 saturated heterocycles. The van der Waals surface area contributed by atoms with E-state index >= 15 is 0 Å². The number of nitrogen functional groups attached to an aromatic ring is 1. The van der Waals surface area contributed by atoms with Gasteiger partial charge in [0.25, 0.3) is 0 Å². The van der Waals surface area contributed by atoms with E-state index in [4.69, 9.17) is 5.73 Å². The van der Waals surface area contributed by atoms with Gasteiger partial charge in [0, 0.05) is 19.3 Å². The van der Waals surface area contributed by atoms with Crippen molar-refractivity contribution in [2.45, 2.75) is 27.2 Å². The maximum atomic E-state index is 5.95. The van der Waals surface area contributed by atoms with Crippen molar-refractivity contribution >= 4 is 11.5 Å². The molecule has 0 aliphatic carbocycles. The highest BCUT2D eigenvalue weighted by Crippen LogP contribution is 2.36. The maximum Gasteiger partial charge on any atom is 0.151 e. The van der Waals surface area contributed by atoms with Gasteiger partial charge in [-0.3, -0.25) is 0 Å². The van der Waals surface area contributed by atoms with Gasteiger partial charge in [0.15, 0.2) is 5.82 Å². The molecular weight excluding hydrogens is 198 g/mol. The van der Waals surface area contributed by atoms with Gasteiger partial charge in [0.2, 0.25) is 0 Å². The minimum Gasteiger partial charge on any atom is -0.396 e. The minimum atomic E-state index is 0.373. The van der Waals surface area contributed by atoms with Crippen LogP contribution in [0, 0.1) is 11.3 Å². The lowest BCUT2D eigenvalue weighted by Crippen LogP contribution is -2.26. The Labute approximate surface area is 97.7 Å². The fraction of sp³-hybridized carbons (Fsp3) is 0.615. The molecule has 1 aliphatic rings.